The molecule has 15 heavy (non-hydrogen) atoms. The standard InChI is InChI=1S/C14H24I/c1-6-12-10(4)9-14(15-8-3)11(5)13(12)7-2/h10H,6-9H2,1-5H3/q-1. The zero-order valence-corrected chi connectivity index (χ0v) is 12.9. The molecule has 0 aromatic carbocycles. The molecule has 0 saturated carbocycles. The number of hydrogen-bond donors (Lipinski definition) is 0. The van der Waals surface area contributed by atoms with Gasteiger partial charge in [0.1, 0.15) is 0 Å². The van der Waals surface area contributed by atoms with Crippen molar-refractivity contribution in [3.8, 4) is 0 Å². The van der Waals surface area contributed by atoms with Crippen LogP contribution in [-0.2, 0) is 0 Å². The summed E-state index contributed by atoms with van der Waals surface area (Å²) in [6.07, 6.45) is 3.84. The van der Waals surface area contributed by atoms with E-state index >= 15 is 0 Å². The average Bonchev–Trinajstić information content (AvgIpc) is 2.22. The van der Waals surface area contributed by atoms with Crippen molar-refractivity contribution in [3.05, 3.63) is 20.3 Å². The normalized spacial score (nSPS) is 22.9. The van der Waals surface area contributed by atoms with Gasteiger partial charge in [0, 0.05) is 0 Å². The summed E-state index contributed by atoms with van der Waals surface area (Å²) >= 11 is 0.327. The summed E-state index contributed by atoms with van der Waals surface area (Å²) in [6, 6.07) is 0. The Hall–Kier alpha value is 0.210. The van der Waals surface area contributed by atoms with Gasteiger partial charge in [0.2, 0.25) is 0 Å². The van der Waals surface area contributed by atoms with Crippen LogP contribution in [0.4, 0.5) is 0 Å². The molecule has 0 radical (unpaired) electrons. The number of alkyl halides is 1. The fourth-order valence-corrected chi connectivity index (χ4v) is 5.41. The Balaban J connectivity index is 3.07. The summed E-state index contributed by atoms with van der Waals surface area (Å²) in [7, 11) is 0. The van der Waals surface area contributed by atoms with Crippen molar-refractivity contribution in [1.29, 1.82) is 0 Å². The van der Waals surface area contributed by atoms with E-state index in [-0.39, 0.29) is 0 Å². The van der Waals surface area contributed by atoms with Crippen LogP contribution in [0.3, 0.4) is 0 Å². The fraction of sp³-hybridized carbons (Fsp3) is 0.714. The summed E-state index contributed by atoms with van der Waals surface area (Å²) in [5.74, 6) is 0.815. The van der Waals surface area contributed by atoms with Crippen LogP contribution in [0.5, 0.6) is 0 Å². The van der Waals surface area contributed by atoms with E-state index in [4.69, 9.17) is 0 Å². The summed E-state index contributed by atoms with van der Waals surface area (Å²) in [4.78, 5) is 0. The molecule has 0 amide bonds. The molecule has 0 aromatic heterocycles. The minimum absolute atomic E-state index is 0.327. The van der Waals surface area contributed by atoms with Crippen molar-refractivity contribution in [2.24, 2.45) is 5.92 Å². The number of rotatable bonds is 4. The second kappa shape index (κ2) is 6.07. The van der Waals surface area contributed by atoms with Crippen molar-refractivity contribution in [1.82, 2.24) is 0 Å². The Morgan fingerprint density at radius 3 is 2.33 bits per heavy atom. The molecule has 1 heteroatoms. The van der Waals surface area contributed by atoms with E-state index in [0.29, 0.717) is 21.2 Å². The third kappa shape index (κ3) is 2.86. The molecular formula is C14H24I-. The van der Waals surface area contributed by atoms with E-state index in [0.717, 1.165) is 5.92 Å². The molecule has 1 unspecified atom stereocenters. The van der Waals surface area contributed by atoms with Crippen LogP contribution in [-0.4, -0.2) is 4.43 Å². The maximum absolute atomic E-state index is 2.42. The summed E-state index contributed by atoms with van der Waals surface area (Å²) in [6.45, 7) is 11.7. The topological polar surface area (TPSA) is 0 Å². The minimum atomic E-state index is 0.327. The van der Waals surface area contributed by atoms with Crippen LogP contribution in [0.25, 0.3) is 0 Å². The predicted octanol–water partition coefficient (Wildman–Crippen LogP) is 1.53. The summed E-state index contributed by atoms with van der Waals surface area (Å²) in [5.41, 5.74) is 5.10. The number of hydrogen-bond acceptors (Lipinski definition) is 0. The zero-order valence-electron chi connectivity index (χ0n) is 10.8. The molecule has 0 nitrogen and oxygen atoms in total. The van der Waals surface area contributed by atoms with Gasteiger partial charge in [-0.15, -0.1) is 0 Å². The molecular weight excluding hydrogens is 295 g/mol. The molecule has 1 aliphatic rings. The SMILES string of the molecule is CC[I-]C1=C(C)C(CC)=C(CC)C(C)C1. The summed E-state index contributed by atoms with van der Waals surface area (Å²) < 4.78 is 3.23. The van der Waals surface area contributed by atoms with E-state index in [9.17, 15) is 0 Å². The fourth-order valence-electron chi connectivity index (χ4n) is 2.62. The Morgan fingerprint density at radius 1 is 1.20 bits per heavy atom. The van der Waals surface area contributed by atoms with Crippen molar-refractivity contribution in [3.63, 3.8) is 0 Å². The Labute approximate surface area is 105 Å². The Morgan fingerprint density at radius 2 is 1.87 bits per heavy atom. The predicted molar refractivity (Wildman–Crippen MR) is 64.6 cm³/mol. The second-order valence-corrected chi connectivity index (χ2v) is 7.84. The number of halogens is 1. The first kappa shape index (κ1) is 13.3. The van der Waals surface area contributed by atoms with Crippen molar-refractivity contribution < 1.29 is 21.2 Å². The molecule has 0 bridgehead atoms. The molecule has 0 aliphatic heterocycles. The molecule has 0 heterocycles. The van der Waals surface area contributed by atoms with Gasteiger partial charge in [-0.1, -0.05) is 0 Å². The van der Waals surface area contributed by atoms with E-state index in [1.54, 1.807) is 16.7 Å². The monoisotopic (exact) mass is 319 g/mol. The molecule has 88 valence electrons. The quantitative estimate of drug-likeness (QED) is 0.545. The van der Waals surface area contributed by atoms with Crippen LogP contribution in [0.2, 0.25) is 0 Å². The van der Waals surface area contributed by atoms with Gasteiger partial charge in [-0.25, -0.2) is 0 Å². The van der Waals surface area contributed by atoms with E-state index in [2.05, 4.69) is 34.6 Å². The Bertz CT molecular complexity index is 284. The van der Waals surface area contributed by atoms with Gasteiger partial charge in [0.25, 0.3) is 0 Å². The van der Waals surface area contributed by atoms with E-state index in [1.165, 1.54) is 23.7 Å². The summed E-state index contributed by atoms with van der Waals surface area (Å²) in [5, 5.41) is 0. The first-order valence-corrected chi connectivity index (χ1v) is 8.77. The van der Waals surface area contributed by atoms with Crippen LogP contribution in [0.1, 0.15) is 53.9 Å². The molecule has 1 rings (SSSR count). The maximum atomic E-state index is 2.42. The third-order valence-electron chi connectivity index (χ3n) is 3.36. The van der Waals surface area contributed by atoms with E-state index in [1.807, 2.05) is 3.58 Å². The van der Waals surface area contributed by atoms with Crippen LogP contribution in [0, 0.1) is 5.92 Å². The van der Waals surface area contributed by atoms with Crippen molar-refractivity contribution in [2.45, 2.75) is 53.9 Å². The van der Waals surface area contributed by atoms with Gasteiger partial charge in [0.05, 0.1) is 0 Å². The van der Waals surface area contributed by atoms with Gasteiger partial charge < -0.3 is 0 Å². The van der Waals surface area contributed by atoms with E-state index < -0.39 is 0 Å². The van der Waals surface area contributed by atoms with Crippen molar-refractivity contribution >= 4 is 0 Å². The third-order valence-corrected chi connectivity index (χ3v) is 6.29. The van der Waals surface area contributed by atoms with Crippen LogP contribution >= 0.6 is 0 Å². The molecule has 0 saturated heterocycles. The zero-order chi connectivity index (χ0) is 11.4. The van der Waals surface area contributed by atoms with Gasteiger partial charge in [-0.3, -0.25) is 0 Å². The molecule has 1 atom stereocenters. The molecule has 0 fully saturated rings. The molecule has 0 aromatic rings. The number of allylic oxidation sites excluding steroid dienone is 4. The van der Waals surface area contributed by atoms with Crippen LogP contribution in [0.15, 0.2) is 20.3 Å². The van der Waals surface area contributed by atoms with Crippen molar-refractivity contribution in [2.75, 3.05) is 4.43 Å². The first-order valence-electron chi connectivity index (χ1n) is 6.16. The van der Waals surface area contributed by atoms with Gasteiger partial charge >= 0.3 is 106 Å². The second-order valence-electron chi connectivity index (χ2n) is 4.25. The average molecular weight is 319 g/mol. The first-order chi connectivity index (χ1) is 7.15. The van der Waals surface area contributed by atoms with Gasteiger partial charge in [-0.2, -0.15) is 0 Å². The van der Waals surface area contributed by atoms with Gasteiger partial charge in [-0.05, 0) is 0 Å². The van der Waals surface area contributed by atoms with Crippen LogP contribution < -0.4 is 21.2 Å². The Kier molecular flexibility index (Phi) is 5.37. The van der Waals surface area contributed by atoms with Gasteiger partial charge in [0.15, 0.2) is 0 Å². The molecule has 1 aliphatic carbocycles. The molecule has 0 N–H and O–H groups in total. The molecule has 0 spiro atoms.